The first-order valence-electron chi connectivity index (χ1n) is 12.8. The second-order valence-corrected chi connectivity index (χ2v) is 12.8. The van der Waals surface area contributed by atoms with E-state index in [0.29, 0.717) is 0 Å². The van der Waals surface area contributed by atoms with Crippen molar-refractivity contribution in [3.63, 3.8) is 0 Å². The van der Waals surface area contributed by atoms with Gasteiger partial charge in [0.05, 0.1) is 28.3 Å². The van der Waals surface area contributed by atoms with Crippen molar-refractivity contribution in [2.45, 2.75) is 32.3 Å². The number of hydrogen-bond acceptors (Lipinski definition) is 6. The summed E-state index contributed by atoms with van der Waals surface area (Å²) in [6, 6.07) is 23.8. The first-order chi connectivity index (χ1) is 18.5. The molecule has 0 aliphatic heterocycles. The highest BCUT2D eigenvalue weighted by Gasteiger charge is 2.19. The van der Waals surface area contributed by atoms with E-state index in [4.69, 9.17) is 0 Å². The zero-order chi connectivity index (χ0) is 27.8. The van der Waals surface area contributed by atoms with Crippen LogP contribution in [0.5, 0.6) is 0 Å². The summed E-state index contributed by atoms with van der Waals surface area (Å²) in [6.45, 7) is 5.46. The monoisotopic (exact) mass is 537 g/mol. The number of aliphatic hydroxyl groups is 1. The summed E-state index contributed by atoms with van der Waals surface area (Å²) in [5, 5.41) is 11.3. The van der Waals surface area contributed by atoms with Crippen LogP contribution >= 0.6 is 0 Å². The van der Waals surface area contributed by atoms with Crippen molar-refractivity contribution in [3.05, 3.63) is 103 Å². The molecule has 2 heterocycles. The molecule has 1 unspecified atom stereocenters. The Morgan fingerprint density at radius 3 is 2.13 bits per heavy atom. The predicted molar refractivity (Wildman–Crippen MR) is 157 cm³/mol. The lowest BCUT2D eigenvalue weighted by Crippen LogP contribution is -2.14. The summed E-state index contributed by atoms with van der Waals surface area (Å²) in [5.41, 5.74) is 6.89. The average molecular weight is 538 g/mol. The van der Waals surface area contributed by atoms with Crippen LogP contribution in [-0.4, -0.2) is 40.5 Å². The molecule has 198 valence electrons. The fourth-order valence-corrected chi connectivity index (χ4v) is 6.00. The minimum atomic E-state index is -3.13. The standard InChI is InChI=1S/C32H31N3O3S/c1-21(20-39(4,37)38)26-18-24-9-6-14-33-29(24)28(19-26)23-7-5-8-25(17-23)31-30(34-15-16-35-31)22-10-12-27(13-11-22)32(2,3)36/h5-19,21,36H,20H2,1-4H3. The Kier molecular flexibility index (Phi) is 7.05. The molecule has 0 aliphatic carbocycles. The zero-order valence-electron chi connectivity index (χ0n) is 22.5. The molecule has 6 nitrogen and oxygen atoms in total. The minimum Gasteiger partial charge on any atom is -0.386 e. The molecule has 0 fully saturated rings. The first kappa shape index (κ1) is 26.7. The summed E-state index contributed by atoms with van der Waals surface area (Å²) in [7, 11) is -3.13. The summed E-state index contributed by atoms with van der Waals surface area (Å²) < 4.78 is 24.0. The normalized spacial score (nSPS) is 12.9. The molecule has 2 aromatic heterocycles. The van der Waals surface area contributed by atoms with E-state index in [-0.39, 0.29) is 11.7 Å². The minimum absolute atomic E-state index is 0.0769. The lowest BCUT2D eigenvalue weighted by atomic mass is 9.92. The van der Waals surface area contributed by atoms with E-state index in [2.05, 4.69) is 27.1 Å². The quantitative estimate of drug-likeness (QED) is 0.258. The number of sulfone groups is 1. The molecule has 5 aromatic rings. The topological polar surface area (TPSA) is 93.0 Å². The molecule has 7 heteroatoms. The molecule has 0 bridgehead atoms. The van der Waals surface area contributed by atoms with Crippen molar-refractivity contribution >= 4 is 20.7 Å². The van der Waals surface area contributed by atoms with Gasteiger partial charge in [0.1, 0.15) is 9.84 Å². The van der Waals surface area contributed by atoms with Gasteiger partial charge in [-0.15, -0.1) is 0 Å². The summed E-state index contributed by atoms with van der Waals surface area (Å²) in [6.07, 6.45) is 6.40. The molecule has 5 rings (SSSR count). The molecular weight excluding hydrogens is 506 g/mol. The number of hydrogen-bond donors (Lipinski definition) is 1. The number of fused-ring (bicyclic) bond motifs is 1. The third-order valence-electron chi connectivity index (χ3n) is 6.86. The molecule has 0 amide bonds. The van der Waals surface area contributed by atoms with Gasteiger partial charge in [-0.3, -0.25) is 15.0 Å². The molecule has 0 spiro atoms. The molecule has 0 radical (unpaired) electrons. The van der Waals surface area contributed by atoms with Crippen molar-refractivity contribution in [3.8, 4) is 33.6 Å². The summed E-state index contributed by atoms with van der Waals surface area (Å²) in [4.78, 5) is 14.0. The highest BCUT2D eigenvalue weighted by Crippen LogP contribution is 2.36. The van der Waals surface area contributed by atoms with Crippen LogP contribution < -0.4 is 0 Å². The maximum Gasteiger partial charge on any atom is 0.148 e. The van der Waals surface area contributed by atoms with Gasteiger partial charge in [-0.2, -0.15) is 0 Å². The number of rotatable bonds is 7. The van der Waals surface area contributed by atoms with Crippen LogP contribution in [0.25, 0.3) is 44.5 Å². The second kappa shape index (κ2) is 10.3. The van der Waals surface area contributed by atoms with Gasteiger partial charge in [0.25, 0.3) is 0 Å². The van der Waals surface area contributed by atoms with Gasteiger partial charge in [0.2, 0.25) is 0 Å². The largest absolute Gasteiger partial charge is 0.386 e. The molecule has 1 atom stereocenters. The van der Waals surface area contributed by atoms with E-state index in [1.54, 1.807) is 32.4 Å². The fraction of sp³-hybridized carbons (Fsp3) is 0.219. The van der Waals surface area contributed by atoms with Crippen LogP contribution in [0.15, 0.2) is 91.4 Å². The Bertz CT molecular complexity index is 1760. The maximum absolute atomic E-state index is 12.0. The third kappa shape index (κ3) is 5.90. The van der Waals surface area contributed by atoms with Crippen molar-refractivity contribution < 1.29 is 13.5 Å². The summed E-state index contributed by atoms with van der Waals surface area (Å²) >= 11 is 0. The molecule has 0 saturated carbocycles. The molecule has 0 aliphatic rings. The Morgan fingerprint density at radius 1 is 0.795 bits per heavy atom. The van der Waals surface area contributed by atoms with Crippen LogP contribution in [-0.2, 0) is 15.4 Å². The fourth-order valence-electron chi connectivity index (χ4n) is 4.90. The Labute approximate surface area is 229 Å². The summed E-state index contributed by atoms with van der Waals surface area (Å²) in [5.74, 6) is -0.0852. The average Bonchev–Trinajstić information content (AvgIpc) is 2.91. The maximum atomic E-state index is 12.0. The van der Waals surface area contributed by atoms with Crippen molar-refractivity contribution in [1.82, 2.24) is 15.0 Å². The van der Waals surface area contributed by atoms with Crippen LogP contribution in [0.1, 0.15) is 37.8 Å². The highest BCUT2D eigenvalue weighted by molar-refractivity contribution is 7.90. The number of nitrogens with zero attached hydrogens (tertiary/aromatic N) is 3. The van der Waals surface area contributed by atoms with Gasteiger partial charge < -0.3 is 5.11 Å². The Morgan fingerprint density at radius 2 is 1.46 bits per heavy atom. The molecule has 3 aromatic carbocycles. The van der Waals surface area contributed by atoms with Crippen LogP contribution in [0, 0.1) is 0 Å². The Hall–Kier alpha value is -3.94. The van der Waals surface area contributed by atoms with E-state index < -0.39 is 15.4 Å². The highest BCUT2D eigenvalue weighted by atomic mass is 32.2. The van der Waals surface area contributed by atoms with E-state index in [9.17, 15) is 13.5 Å². The lowest BCUT2D eigenvalue weighted by molar-refractivity contribution is 0.0786. The van der Waals surface area contributed by atoms with Crippen molar-refractivity contribution in [1.29, 1.82) is 0 Å². The molecule has 0 saturated heterocycles. The van der Waals surface area contributed by atoms with E-state index >= 15 is 0 Å². The molecular formula is C32H31N3O3S. The molecule has 1 N–H and O–H groups in total. The van der Waals surface area contributed by atoms with Crippen molar-refractivity contribution in [2.75, 3.05) is 12.0 Å². The Balaban J connectivity index is 1.61. The zero-order valence-corrected chi connectivity index (χ0v) is 23.3. The lowest BCUT2D eigenvalue weighted by Gasteiger charge is -2.18. The van der Waals surface area contributed by atoms with Crippen molar-refractivity contribution in [2.24, 2.45) is 0 Å². The SMILES string of the molecule is CC(CS(C)(=O)=O)c1cc(-c2cccc(-c3nccnc3-c3ccc(C(C)(C)O)cc3)c2)c2ncccc2c1. The number of aromatic nitrogens is 3. The van der Waals surface area contributed by atoms with Gasteiger partial charge in [-0.1, -0.05) is 55.5 Å². The van der Waals surface area contributed by atoms with Crippen LogP contribution in [0.3, 0.4) is 0 Å². The second-order valence-electron chi connectivity index (χ2n) is 10.6. The van der Waals surface area contributed by atoms with E-state index in [1.807, 2.05) is 67.6 Å². The third-order valence-corrected chi connectivity index (χ3v) is 7.96. The van der Waals surface area contributed by atoms with Gasteiger partial charge >= 0.3 is 0 Å². The van der Waals surface area contributed by atoms with Gasteiger partial charge in [-0.05, 0) is 60.7 Å². The van der Waals surface area contributed by atoms with E-state index in [1.165, 1.54) is 6.26 Å². The van der Waals surface area contributed by atoms with Crippen LogP contribution in [0.2, 0.25) is 0 Å². The van der Waals surface area contributed by atoms with Crippen LogP contribution in [0.4, 0.5) is 0 Å². The van der Waals surface area contributed by atoms with Gasteiger partial charge in [0.15, 0.2) is 0 Å². The van der Waals surface area contributed by atoms with Gasteiger partial charge in [-0.25, -0.2) is 8.42 Å². The predicted octanol–water partition coefficient (Wildman–Crippen LogP) is 6.40. The van der Waals surface area contributed by atoms with E-state index in [0.717, 1.165) is 55.7 Å². The smallest absolute Gasteiger partial charge is 0.148 e. The number of benzene rings is 3. The van der Waals surface area contributed by atoms with Gasteiger partial charge in [0, 0.05) is 46.9 Å². The molecule has 39 heavy (non-hydrogen) atoms. The first-order valence-corrected chi connectivity index (χ1v) is 14.9. The number of pyridine rings is 1.